The molecule has 42 heavy (non-hydrogen) atoms. The zero-order valence-electron chi connectivity index (χ0n) is 29.0. The van der Waals surface area contributed by atoms with Gasteiger partial charge < -0.3 is 5.32 Å². The minimum Gasteiger partial charge on any atom is -0.384 e. The van der Waals surface area contributed by atoms with Crippen LogP contribution in [-0.2, 0) is 0 Å². The van der Waals surface area contributed by atoms with Gasteiger partial charge in [-0.1, -0.05) is 130 Å². The Morgan fingerprint density at radius 1 is 1.00 bits per heavy atom. The summed E-state index contributed by atoms with van der Waals surface area (Å²) in [6, 6.07) is 11.7. The fourth-order valence-electron chi connectivity index (χ4n) is 2.69. The molecule has 0 saturated heterocycles. The second-order valence-corrected chi connectivity index (χ2v) is 10.1. The Morgan fingerprint density at radius 2 is 1.57 bits per heavy atom. The van der Waals surface area contributed by atoms with Gasteiger partial charge >= 0.3 is 0 Å². The number of hydrogen-bond donors (Lipinski definition) is 1. The van der Waals surface area contributed by atoms with Crippen LogP contribution >= 0.6 is 0 Å². The summed E-state index contributed by atoms with van der Waals surface area (Å²) in [5, 5.41) is 3.31. The summed E-state index contributed by atoms with van der Waals surface area (Å²) in [5.74, 6) is 3.18. The first kappa shape index (κ1) is 43.1. The second kappa shape index (κ2) is 25.3. The van der Waals surface area contributed by atoms with Gasteiger partial charge in [-0.3, -0.25) is 4.98 Å². The maximum atomic E-state index is 13.9. The van der Waals surface area contributed by atoms with Crippen LogP contribution < -0.4 is 5.32 Å². The molecule has 1 unspecified atom stereocenters. The van der Waals surface area contributed by atoms with E-state index in [0.29, 0.717) is 11.5 Å². The van der Waals surface area contributed by atoms with Crippen molar-refractivity contribution in [1.29, 1.82) is 0 Å². The highest BCUT2D eigenvalue weighted by atomic mass is 19.1. The third-order valence-electron chi connectivity index (χ3n) is 6.15. The number of alkyl halides is 1. The molecule has 0 spiro atoms. The van der Waals surface area contributed by atoms with Gasteiger partial charge in [-0.15, -0.1) is 6.42 Å². The van der Waals surface area contributed by atoms with Crippen molar-refractivity contribution in [2.75, 3.05) is 6.54 Å². The molecule has 0 aliphatic carbocycles. The SMILES string of the molecule is C#Cc1cccc(C(=C)C)c1.C=C(/C=C(\C)C(C)(C)F)c1ccc(C(=C)NCC(C)CC)nc1.CC.CC.CCCC. The Labute approximate surface area is 260 Å². The van der Waals surface area contributed by atoms with Crippen molar-refractivity contribution in [3.05, 3.63) is 96.4 Å². The van der Waals surface area contributed by atoms with Gasteiger partial charge in [0.25, 0.3) is 0 Å². The molecule has 0 aliphatic heterocycles. The summed E-state index contributed by atoms with van der Waals surface area (Å²) in [6.45, 7) is 36.3. The van der Waals surface area contributed by atoms with Crippen LogP contribution in [0.25, 0.3) is 16.8 Å². The zero-order valence-corrected chi connectivity index (χ0v) is 29.0. The minimum absolute atomic E-state index is 0.600. The van der Waals surface area contributed by atoms with Crippen LogP contribution in [0.2, 0.25) is 0 Å². The molecule has 0 aliphatic rings. The molecule has 234 valence electrons. The number of nitrogens with zero attached hydrogens (tertiary/aromatic N) is 1. The third-order valence-corrected chi connectivity index (χ3v) is 6.15. The lowest BCUT2D eigenvalue weighted by molar-refractivity contribution is 0.268. The van der Waals surface area contributed by atoms with Crippen LogP contribution in [0.1, 0.15) is 125 Å². The quantitative estimate of drug-likeness (QED) is 0.225. The van der Waals surface area contributed by atoms with E-state index < -0.39 is 5.67 Å². The molecule has 2 rings (SSSR count). The first-order chi connectivity index (χ1) is 19.8. The highest BCUT2D eigenvalue weighted by Gasteiger charge is 2.18. The van der Waals surface area contributed by atoms with E-state index in [2.05, 4.69) is 63.7 Å². The fourth-order valence-corrected chi connectivity index (χ4v) is 2.69. The van der Waals surface area contributed by atoms with Crippen molar-refractivity contribution >= 4 is 16.8 Å². The highest BCUT2D eigenvalue weighted by Crippen LogP contribution is 2.24. The van der Waals surface area contributed by atoms with Crippen molar-refractivity contribution in [3.8, 4) is 12.3 Å². The summed E-state index contributed by atoms with van der Waals surface area (Å²) in [5.41, 5.74) is 5.64. The number of unbranched alkanes of at least 4 members (excludes halogenated alkanes) is 1. The molecule has 1 N–H and O–H groups in total. The van der Waals surface area contributed by atoms with Gasteiger partial charge in [0.15, 0.2) is 0 Å². The first-order valence-electron chi connectivity index (χ1n) is 15.5. The van der Waals surface area contributed by atoms with Gasteiger partial charge in [-0.25, -0.2) is 4.39 Å². The normalized spacial score (nSPS) is 10.7. The molecule has 0 amide bonds. The summed E-state index contributed by atoms with van der Waals surface area (Å²) < 4.78 is 13.9. The van der Waals surface area contributed by atoms with Crippen LogP contribution in [0.4, 0.5) is 4.39 Å². The first-order valence-corrected chi connectivity index (χ1v) is 15.5. The summed E-state index contributed by atoms with van der Waals surface area (Å²) in [7, 11) is 0. The minimum atomic E-state index is -1.34. The number of allylic oxidation sites excluding steroid dienone is 4. The van der Waals surface area contributed by atoms with E-state index in [1.807, 2.05) is 71.0 Å². The molecule has 3 heteroatoms. The average Bonchev–Trinajstić information content (AvgIpc) is 3.01. The van der Waals surface area contributed by atoms with Crippen LogP contribution in [0.15, 0.2) is 74.0 Å². The smallest absolute Gasteiger partial charge is 0.126 e. The van der Waals surface area contributed by atoms with E-state index in [9.17, 15) is 4.39 Å². The molecule has 1 aromatic carbocycles. The molecule has 0 fully saturated rings. The van der Waals surface area contributed by atoms with Gasteiger partial charge in [0, 0.05) is 18.3 Å². The van der Waals surface area contributed by atoms with Crippen LogP contribution in [0, 0.1) is 18.3 Å². The molecule has 2 aromatic rings. The predicted octanol–water partition coefficient (Wildman–Crippen LogP) is 12.0. The van der Waals surface area contributed by atoms with E-state index in [1.165, 1.54) is 12.8 Å². The number of hydrogen-bond acceptors (Lipinski definition) is 2. The Morgan fingerprint density at radius 3 is 1.98 bits per heavy atom. The van der Waals surface area contributed by atoms with E-state index in [4.69, 9.17) is 6.42 Å². The Balaban J connectivity index is -0.000000661. The summed E-state index contributed by atoms with van der Waals surface area (Å²) in [4.78, 5) is 4.43. The number of rotatable bonds is 10. The molecule has 1 atom stereocenters. The lowest BCUT2D eigenvalue weighted by atomic mass is 9.97. The molecular formula is C39H61FN2. The molecule has 1 aromatic heterocycles. The van der Waals surface area contributed by atoms with Crippen molar-refractivity contribution in [2.45, 2.75) is 108 Å². The molecule has 0 bridgehead atoms. The van der Waals surface area contributed by atoms with Crippen molar-refractivity contribution < 1.29 is 4.39 Å². The number of nitrogens with one attached hydrogen (secondary N) is 1. The van der Waals surface area contributed by atoms with Gasteiger partial charge in [0.05, 0.1) is 11.4 Å². The maximum absolute atomic E-state index is 13.9. The number of halogens is 1. The van der Waals surface area contributed by atoms with Gasteiger partial charge in [0.2, 0.25) is 0 Å². The summed E-state index contributed by atoms with van der Waals surface area (Å²) in [6.07, 6.45) is 12.5. The van der Waals surface area contributed by atoms with E-state index in [-0.39, 0.29) is 0 Å². The maximum Gasteiger partial charge on any atom is 0.126 e. The van der Waals surface area contributed by atoms with E-state index in [1.54, 1.807) is 33.0 Å². The number of terminal acetylenes is 1. The Bertz CT molecular complexity index is 1090. The van der Waals surface area contributed by atoms with Crippen LogP contribution in [0.5, 0.6) is 0 Å². The number of pyridine rings is 1. The van der Waals surface area contributed by atoms with Gasteiger partial charge in [0.1, 0.15) is 5.67 Å². The predicted molar refractivity (Wildman–Crippen MR) is 191 cm³/mol. The Hall–Kier alpha value is -3.38. The van der Waals surface area contributed by atoms with Gasteiger partial charge in [-0.05, 0) is 74.1 Å². The van der Waals surface area contributed by atoms with E-state index in [0.717, 1.165) is 52.2 Å². The van der Waals surface area contributed by atoms with Crippen LogP contribution in [0.3, 0.4) is 0 Å². The average molecular weight is 577 g/mol. The molecular weight excluding hydrogens is 515 g/mol. The molecule has 0 radical (unpaired) electrons. The molecule has 2 nitrogen and oxygen atoms in total. The highest BCUT2D eigenvalue weighted by molar-refractivity contribution is 5.73. The number of aromatic nitrogens is 1. The van der Waals surface area contributed by atoms with Crippen molar-refractivity contribution in [2.24, 2.45) is 5.92 Å². The van der Waals surface area contributed by atoms with Crippen molar-refractivity contribution in [3.63, 3.8) is 0 Å². The zero-order chi connectivity index (χ0) is 33.3. The third kappa shape index (κ3) is 19.7. The standard InChI is InChI=1S/C20H29FN2.C11H10.C4H10.2C2H6/c1-8-14(2)12-22-17(5)19-10-9-18(13-23-19)15(3)11-16(4)20(6,7)21;1-4-10-6-5-7-11(8-10)9(2)3;1-3-4-2;2*1-2/h9-11,13-14,22H,3,5,8,12H2,1-2,4,6-7H3;1,5-8H,2H2,3H3;3-4H2,1-2H3;2*1-2H3/b16-11+;;;;. The molecule has 0 saturated carbocycles. The lowest BCUT2D eigenvalue weighted by Gasteiger charge is -2.16. The van der Waals surface area contributed by atoms with Crippen molar-refractivity contribution in [1.82, 2.24) is 10.3 Å². The fraction of sp³-hybridized carbons (Fsp3) is 0.462. The monoisotopic (exact) mass is 576 g/mol. The second-order valence-electron chi connectivity index (χ2n) is 10.1. The molecule has 1 heterocycles. The topological polar surface area (TPSA) is 24.9 Å². The lowest BCUT2D eigenvalue weighted by Crippen LogP contribution is -2.19. The number of benzene rings is 1. The summed E-state index contributed by atoms with van der Waals surface area (Å²) >= 11 is 0. The van der Waals surface area contributed by atoms with E-state index >= 15 is 0 Å². The van der Waals surface area contributed by atoms with Gasteiger partial charge in [-0.2, -0.15) is 0 Å². The Kier molecular flexibility index (Phi) is 26.0. The largest absolute Gasteiger partial charge is 0.384 e. The van der Waals surface area contributed by atoms with Crippen LogP contribution in [-0.4, -0.2) is 17.2 Å².